The lowest BCUT2D eigenvalue weighted by Gasteiger charge is -2.08. The molecule has 0 unspecified atom stereocenters. The van der Waals surface area contributed by atoms with Crippen LogP contribution in [-0.2, 0) is 16.3 Å². The molecule has 2 N–H and O–H groups in total. The molecule has 6 heteroatoms. The van der Waals surface area contributed by atoms with Crippen LogP contribution in [0.4, 0.5) is 4.39 Å². The first-order valence-electron chi connectivity index (χ1n) is 6.30. The Morgan fingerprint density at radius 3 is 2.68 bits per heavy atom. The molecule has 19 heavy (non-hydrogen) atoms. The normalized spacial score (nSPS) is 11.5. The van der Waals surface area contributed by atoms with E-state index in [1.54, 1.807) is 19.1 Å². The van der Waals surface area contributed by atoms with Gasteiger partial charge in [0, 0.05) is 5.75 Å². The van der Waals surface area contributed by atoms with Crippen LogP contribution in [0.3, 0.4) is 0 Å². The van der Waals surface area contributed by atoms with Crippen LogP contribution in [-0.4, -0.2) is 33.1 Å². The van der Waals surface area contributed by atoms with Gasteiger partial charge in [-0.15, -0.1) is 0 Å². The fourth-order valence-electron chi connectivity index (χ4n) is 1.59. The fraction of sp³-hybridized carbons (Fsp3) is 0.538. The molecule has 4 nitrogen and oxygen atoms in total. The van der Waals surface area contributed by atoms with Gasteiger partial charge in [-0.25, -0.2) is 12.8 Å². The first-order chi connectivity index (χ1) is 8.98. The number of benzene rings is 1. The minimum Gasteiger partial charge on any atom is -0.490 e. The zero-order chi connectivity index (χ0) is 14.3. The van der Waals surface area contributed by atoms with Gasteiger partial charge in [-0.1, -0.05) is 13.0 Å². The van der Waals surface area contributed by atoms with Gasteiger partial charge >= 0.3 is 0 Å². The number of ether oxygens (including phenoxy) is 1. The summed E-state index contributed by atoms with van der Waals surface area (Å²) in [7, 11) is -2.99. The van der Waals surface area contributed by atoms with Crippen LogP contribution < -0.4 is 10.5 Å². The van der Waals surface area contributed by atoms with Gasteiger partial charge in [-0.3, -0.25) is 0 Å². The zero-order valence-electron chi connectivity index (χ0n) is 11.1. The van der Waals surface area contributed by atoms with Crippen LogP contribution in [0.25, 0.3) is 0 Å². The van der Waals surface area contributed by atoms with Crippen molar-refractivity contribution in [2.45, 2.75) is 19.8 Å². The Bertz CT molecular complexity index is 503. The van der Waals surface area contributed by atoms with E-state index >= 15 is 0 Å². The van der Waals surface area contributed by atoms with Gasteiger partial charge in [-0.05, 0) is 37.1 Å². The van der Waals surface area contributed by atoms with Crippen molar-refractivity contribution in [3.63, 3.8) is 0 Å². The monoisotopic (exact) mass is 289 g/mol. The number of nitrogens with two attached hydrogens (primary N) is 1. The second kappa shape index (κ2) is 7.45. The van der Waals surface area contributed by atoms with Crippen molar-refractivity contribution in [2.24, 2.45) is 5.73 Å². The van der Waals surface area contributed by atoms with Gasteiger partial charge in [0.15, 0.2) is 11.6 Å². The van der Waals surface area contributed by atoms with Crippen molar-refractivity contribution in [3.8, 4) is 5.75 Å². The largest absolute Gasteiger partial charge is 0.490 e. The predicted octanol–water partition coefficient (Wildman–Crippen LogP) is 1.53. The van der Waals surface area contributed by atoms with Crippen LogP contribution in [0.15, 0.2) is 18.2 Å². The van der Waals surface area contributed by atoms with E-state index in [-0.39, 0.29) is 23.9 Å². The molecule has 0 saturated carbocycles. The Labute approximate surface area is 113 Å². The molecule has 0 amide bonds. The van der Waals surface area contributed by atoms with Gasteiger partial charge in [-0.2, -0.15) is 0 Å². The molecule has 0 spiro atoms. The van der Waals surface area contributed by atoms with Crippen LogP contribution in [0, 0.1) is 5.82 Å². The molecule has 0 aliphatic heterocycles. The minimum atomic E-state index is -2.99. The molecule has 0 heterocycles. The first-order valence-corrected chi connectivity index (χ1v) is 8.12. The van der Waals surface area contributed by atoms with Crippen LogP contribution in [0.5, 0.6) is 5.75 Å². The van der Waals surface area contributed by atoms with E-state index in [0.717, 1.165) is 5.56 Å². The van der Waals surface area contributed by atoms with Crippen molar-refractivity contribution in [1.82, 2.24) is 0 Å². The Balaban J connectivity index is 2.46. The second-order valence-electron chi connectivity index (χ2n) is 4.24. The van der Waals surface area contributed by atoms with Crippen LogP contribution in [0.2, 0.25) is 0 Å². The highest BCUT2D eigenvalue weighted by atomic mass is 32.2. The molecule has 1 aromatic rings. The third-order valence-electron chi connectivity index (χ3n) is 2.73. The van der Waals surface area contributed by atoms with Crippen molar-refractivity contribution >= 4 is 9.84 Å². The summed E-state index contributed by atoms with van der Waals surface area (Å²) < 4.78 is 41.4. The van der Waals surface area contributed by atoms with E-state index in [0.29, 0.717) is 19.4 Å². The van der Waals surface area contributed by atoms with Crippen molar-refractivity contribution in [1.29, 1.82) is 0 Å². The van der Waals surface area contributed by atoms with Crippen molar-refractivity contribution in [2.75, 3.05) is 24.7 Å². The molecule has 0 saturated heterocycles. The number of hydrogen-bond acceptors (Lipinski definition) is 4. The minimum absolute atomic E-state index is 0.0658. The summed E-state index contributed by atoms with van der Waals surface area (Å²) in [6, 6.07) is 4.70. The van der Waals surface area contributed by atoms with E-state index in [2.05, 4.69) is 0 Å². The molecule has 1 rings (SSSR count). The highest BCUT2D eigenvalue weighted by molar-refractivity contribution is 7.91. The van der Waals surface area contributed by atoms with E-state index in [9.17, 15) is 12.8 Å². The third kappa shape index (κ3) is 5.57. The molecule has 0 aromatic heterocycles. The van der Waals surface area contributed by atoms with Gasteiger partial charge in [0.2, 0.25) is 0 Å². The van der Waals surface area contributed by atoms with Crippen molar-refractivity contribution in [3.05, 3.63) is 29.6 Å². The second-order valence-corrected chi connectivity index (χ2v) is 6.71. The van der Waals surface area contributed by atoms with Gasteiger partial charge in [0.25, 0.3) is 0 Å². The Morgan fingerprint density at radius 1 is 1.37 bits per heavy atom. The molecule has 0 atom stereocenters. The summed E-state index contributed by atoms with van der Waals surface area (Å²) in [6.45, 7) is 2.26. The first kappa shape index (κ1) is 15.9. The lowest BCUT2D eigenvalue weighted by molar-refractivity contribution is 0.301. The lowest BCUT2D eigenvalue weighted by Crippen LogP contribution is -2.12. The highest BCUT2D eigenvalue weighted by Crippen LogP contribution is 2.18. The number of sulfone groups is 1. The quantitative estimate of drug-likeness (QED) is 0.737. The van der Waals surface area contributed by atoms with Gasteiger partial charge < -0.3 is 10.5 Å². The molecular weight excluding hydrogens is 269 g/mol. The zero-order valence-corrected chi connectivity index (χ0v) is 11.9. The average molecular weight is 289 g/mol. The highest BCUT2D eigenvalue weighted by Gasteiger charge is 2.08. The van der Waals surface area contributed by atoms with Gasteiger partial charge in [0.1, 0.15) is 9.84 Å². The lowest BCUT2D eigenvalue weighted by atomic mass is 10.1. The maximum Gasteiger partial charge on any atom is 0.165 e. The van der Waals surface area contributed by atoms with E-state index in [1.165, 1.54) is 6.07 Å². The molecule has 1 aromatic carbocycles. The Kier molecular flexibility index (Phi) is 6.24. The molecular formula is C13H20FNO3S. The summed E-state index contributed by atoms with van der Waals surface area (Å²) in [5, 5.41) is 0. The molecule has 0 fully saturated rings. The molecule has 0 bridgehead atoms. The van der Waals surface area contributed by atoms with E-state index in [1.807, 2.05) is 0 Å². The summed E-state index contributed by atoms with van der Waals surface area (Å²) in [4.78, 5) is 0. The molecule has 0 aliphatic carbocycles. The summed E-state index contributed by atoms with van der Waals surface area (Å²) in [6.07, 6.45) is 0.978. The number of rotatable bonds is 8. The standard InChI is InChI=1S/C13H20FNO3S/c1-2-19(16,17)9-3-8-18-13-5-4-11(6-7-15)10-12(13)14/h4-5,10H,2-3,6-9,15H2,1H3. The third-order valence-corrected chi connectivity index (χ3v) is 4.52. The van der Waals surface area contributed by atoms with Crippen LogP contribution in [0.1, 0.15) is 18.9 Å². The SMILES string of the molecule is CCS(=O)(=O)CCCOc1ccc(CCN)cc1F. The smallest absolute Gasteiger partial charge is 0.165 e. The Morgan fingerprint density at radius 2 is 2.11 bits per heavy atom. The summed E-state index contributed by atoms with van der Waals surface area (Å²) >= 11 is 0. The molecule has 0 aliphatic rings. The Hall–Kier alpha value is -1.14. The predicted molar refractivity (Wildman–Crippen MR) is 73.6 cm³/mol. The van der Waals surface area contributed by atoms with Crippen molar-refractivity contribution < 1.29 is 17.5 Å². The summed E-state index contributed by atoms with van der Waals surface area (Å²) in [5.74, 6) is -0.107. The number of halogens is 1. The fourth-order valence-corrected chi connectivity index (χ4v) is 2.44. The van der Waals surface area contributed by atoms with E-state index in [4.69, 9.17) is 10.5 Å². The summed E-state index contributed by atoms with van der Waals surface area (Å²) in [5.41, 5.74) is 6.21. The maximum atomic E-state index is 13.6. The maximum absolute atomic E-state index is 13.6. The average Bonchev–Trinajstić information content (AvgIpc) is 2.37. The number of hydrogen-bond donors (Lipinski definition) is 1. The van der Waals surface area contributed by atoms with E-state index < -0.39 is 15.7 Å². The van der Waals surface area contributed by atoms with Crippen LogP contribution >= 0.6 is 0 Å². The molecule has 0 radical (unpaired) electrons. The van der Waals surface area contributed by atoms with Gasteiger partial charge in [0.05, 0.1) is 12.4 Å². The molecule has 108 valence electrons. The topological polar surface area (TPSA) is 69.4 Å².